The fourth-order valence-electron chi connectivity index (χ4n) is 0.625. The summed E-state index contributed by atoms with van der Waals surface area (Å²) in [7, 11) is 0. The highest BCUT2D eigenvalue weighted by Gasteiger charge is 2.27. The third kappa shape index (κ3) is 1.50. The van der Waals surface area contributed by atoms with Crippen LogP contribution in [0, 0.1) is 0 Å². The molecule has 0 saturated heterocycles. The van der Waals surface area contributed by atoms with Gasteiger partial charge in [-0.05, 0) is 13.8 Å². The number of alkyl halides is 1. The molecule has 1 aliphatic rings. The summed E-state index contributed by atoms with van der Waals surface area (Å²) in [6.07, 6.45) is 1.54. The Labute approximate surface area is 70.0 Å². The lowest BCUT2D eigenvalue weighted by atomic mass is 10.2. The van der Waals surface area contributed by atoms with Gasteiger partial charge in [-0.1, -0.05) is 11.6 Å². The highest BCUT2D eigenvalue weighted by molar-refractivity contribution is 6.75. The van der Waals surface area contributed by atoms with Crippen LogP contribution in [-0.2, 0) is 0 Å². The normalized spacial score (nSPS) is 39.6. The molecule has 2 unspecified atom stereocenters. The number of hydrogen-bond donors (Lipinski definition) is 0. The van der Waals surface area contributed by atoms with Crippen molar-refractivity contribution in [1.29, 1.82) is 0 Å². The van der Waals surface area contributed by atoms with Gasteiger partial charge in [-0.3, -0.25) is 4.99 Å². The molecule has 1 rings (SSSR count). The van der Waals surface area contributed by atoms with E-state index in [4.69, 9.17) is 23.2 Å². The molecule has 1 aliphatic heterocycles. The van der Waals surface area contributed by atoms with Crippen molar-refractivity contribution in [3.05, 3.63) is 0 Å². The maximum absolute atomic E-state index is 5.88. The molecule has 56 valence electrons. The molecule has 0 radical (unpaired) electrons. The molecule has 4 heteroatoms. The van der Waals surface area contributed by atoms with E-state index in [0.717, 1.165) is 0 Å². The van der Waals surface area contributed by atoms with Crippen molar-refractivity contribution in [2.45, 2.75) is 24.9 Å². The smallest absolute Gasteiger partial charge is 0.137 e. The number of aliphatic imine (C=N–C) groups is 2. The molecule has 0 saturated carbocycles. The lowest BCUT2D eigenvalue weighted by Crippen LogP contribution is -2.31. The molecule has 1 heterocycles. The van der Waals surface area contributed by atoms with Crippen molar-refractivity contribution < 1.29 is 0 Å². The van der Waals surface area contributed by atoms with E-state index in [1.807, 2.05) is 6.92 Å². The summed E-state index contributed by atoms with van der Waals surface area (Å²) in [5.74, 6) is 0. The van der Waals surface area contributed by atoms with E-state index in [9.17, 15) is 0 Å². The molecule has 2 atom stereocenters. The average molecular weight is 179 g/mol. The maximum atomic E-state index is 5.88. The molecule has 0 N–H and O–H groups in total. The highest BCUT2D eigenvalue weighted by atomic mass is 35.5. The first-order valence-electron chi connectivity index (χ1n) is 2.99. The predicted molar refractivity (Wildman–Crippen MR) is 45.5 cm³/mol. The van der Waals surface area contributed by atoms with E-state index >= 15 is 0 Å². The second kappa shape index (κ2) is 2.51. The Bertz CT molecular complexity index is 196. The van der Waals surface area contributed by atoms with E-state index in [1.165, 1.54) is 0 Å². The molecule has 0 aliphatic carbocycles. The Morgan fingerprint density at radius 1 is 1.70 bits per heavy atom. The van der Waals surface area contributed by atoms with Crippen molar-refractivity contribution in [1.82, 2.24) is 0 Å². The van der Waals surface area contributed by atoms with Gasteiger partial charge in [0.25, 0.3) is 0 Å². The first-order chi connectivity index (χ1) is 4.52. The van der Waals surface area contributed by atoms with Gasteiger partial charge in [0.1, 0.15) is 16.2 Å². The van der Waals surface area contributed by atoms with Crippen LogP contribution in [0.2, 0.25) is 0 Å². The number of halogens is 2. The molecule has 10 heavy (non-hydrogen) atoms. The lowest BCUT2D eigenvalue weighted by Gasteiger charge is -2.19. The maximum Gasteiger partial charge on any atom is 0.137 e. The summed E-state index contributed by atoms with van der Waals surface area (Å²) >= 11 is 11.6. The SMILES string of the molecule is CC1N=CC(C)(Cl)C(Cl)=N1. The van der Waals surface area contributed by atoms with Gasteiger partial charge < -0.3 is 0 Å². The summed E-state index contributed by atoms with van der Waals surface area (Å²) < 4.78 is 0. The van der Waals surface area contributed by atoms with Crippen LogP contribution in [0.5, 0.6) is 0 Å². The Morgan fingerprint density at radius 2 is 2.30 bits per heavy atom. The van der Waals surface area contributed by atoms with Crippen molar-refractivity contribution in [3.8, 4) is 0 Å². The molecule has 0 spiro atoms. The van der Waals surface area contributed by atoms with Crippen molar-refractivity contribution >= 4 is 34.6 Å². The van der Waals surface area contributed by atoms with Crippen LogP contribution in [0.1, 0.15) is 13.8 Å². The Balaban J connectivity index is 2.87. The van der Waals surface area contributed by atoms with Crippen LogP contribution in [0.25, 0.3) is 0 Å². The summed E-state index contributed by atoms with van der Waals surface area (Å²) in [5, 5.41) is 0.414. The Hall–Kier alpha value is -0.0800. The van der Waals surface area contributed by atoms with Gasteiger partial charge >= 0.3 is 0 Å². The highest BCUT2D eigenvalue weighted by Crippen LogP contribution is 2.21. The summed E-state index contributed by atoms with van der Waals surface area (Å²) in [6.45, 7) is 3.61. The number of nitrogens with zero attached hydrogens (tertiary/aromatic N) is 2. The predicted octanol–water partition coefficient (Wildman–Crippen LogP) is 2.05. The molecule has 0 fully saturated rings. The summed E-state index contributed by atoms with van der Waals surface area (Å²) in [5.41, 5.74) is 0. The van der Waals surface area contributed by atoms with E-state index < -0.39 is 4.87 Å². The summed E-state index contributed by atoms with van der Waals surface area (Å²) in [6, 6.07) is 0. The number of hydrogen-bond acceptors (Lipinski definition) is 2. The Morgan fingerprint density at radius 3 is 2.70 bits per heavy atom. The minimum Gasteiger partial charge on any atom is -0.269 e. The standard InChI is InChI=1S/C6H8Cl2N2/c1-4-9-3-6(2,8)5(7)10-4/h3-4H,1-2H3. The zero-order valence-electron chi connectivity index (χ0n) is 5.81. The third-order valence-corrected chi connectivity index (χ3v) is 2.10. The molecular formula is C6H8Cl2N2. The topological polar surface area (TPSA) is 24.7 Å². The molecule has 0 aromatic carbocycles. The van der Waals surface area contributed by atoms with Crippen LogP contribution in [-0.4, -0.2) is 22.4 Å². The van der Waals surface area contributed by atoms with Crippen molar-refractivity contribution in [2.75, 3.05) is 0 Å². The first kappa shape index (κ1) is 8.02. The fourth-order valence-corrected chi connectivity index (χ4v) is 0.920. The van der Waals surface area contributed by atoms with Gasteiger partial charge in [0.2, 0.25) is 0 Å². The molecule has 0 aromatic rings. The summed E-state index contributed by atoms with van der Waals surface area (Å²) in [4.78, 5) is 7.31. The van der Waals surface area contributed by atoms with E-state index in [-0.39, 0.29) is 6.17 Å². The van der Waals surface area contributed by atoms with Crippen molar-refractivity contribution in [3.63, 3.8) is 0 Å². The second-order valence-corrected chi connectivity index (χ2v) is 3.55. The fraction of sp³-hybridized carbons (Fsp3) is 0.667. The van der Waals surface area contributed by atoms with Crippen LogP contribution in [0.4, 0.5) is 0 Å². The second-order valence-electron chi connectivity index (χ2n) is 2.41. The Kier molecular flexibility index (Phi) is 2.02. The molecule has 0 bridgehead atoms. The van der Waals surface area contributed by atoms with Crippen LogP contribution in [0.3, 0.4) is 0 Å². The minimum absolute atomic E-state index is 0.0840. The van der Waals surface area contributed by atoms with Gasteiger partial charge in [-0.25, -0.2) is 4.99 Å². The van der Waals surface area contributed by atoms with Gasteiger partial charge in [0, 0.05) is 6.21 Å². The molecular weight excluding hydrogens is 171 g/mol. The zero-order valence-corrected chi connectivity index (χ0v) is 7.32. The molecule has 0 amide bonds. The zero-order chi connectivity index (χ0) is 7.78. The van der Waals surface area contributed by atoms with Crippen LogP contribution < -0.4 is 0 Å². The molecule has 0 aromatic heterocycles. The van der Waals surface area contributed by atoms with E-state index in [1.54, 1.807) is 13.1 Å². The minimum atomic E-state index is -0.686. The largest absolute Gasteiger partial charge is 0.269 e. The lowest BCUT2D eigenvalue weighted by molar-refractivity contribution is 0.775. The van der Waals surface area contributed by atoms with Gasteiger partial charge in [-0.2, -0.15) is 0 Å². The number of rotatable bonds is 0. The average Bonchev–Trinajstić information content (AvgIpc) is 1.81. The van der Waals surface area contributed by atoms with Gasteiger partial charge in [0.15, 0.2) is 0 Å². The third-order valence-electron chi connectivity index (χ3n) is 1.24. The van der Waals surface area contributed by atoms with Gasteiger partial charge in [0.05, 0.1) is 0 Å². The van der Waals surface area contributed by atoms with Gasteiger partial charge in [-0.15, -0.1) is 11.6 Å². The molecule has 2 nitrogen and oxygen atoms in total. The van der Waals surface area contributed by atoms with Crippen LogP contribution >= 0.6 is 23.2 Å². The first-order valence-corrected chi connectivity index (χ1v) is 3.75. The quantitative estimate of drug-likeness (QED) is 0.508. The van der Waals surface area contributed by atoms with Crippen molar-refractivity contribution in [2.24, 2.45) is 9.98 Å². The van der Waals surface area contributed by atoms with Crippen LogP contribution in [0.15, 0.2) is 9.98 Å². The van der Waals surface area contributed by atoms with E-state index in [2.05, 4.69) is 9.98 Å². The monoisotopic (exact) mass is 178 g/mol. The van der Waals surface area contributed by atoms with E-state index in [0.29, 0.717) is 5.17 Å².